The van der Waals surface area contributed by atoms with E-state index in [4.69, 9.17) is 16.3 Å². The molecule has 0 unspecified atom stereocenters. The molecule has 0 atom stereocenters. The number of nitrogens with zero attached hydrogens (tertiary/aromatic N) is 2. The maximum absolute atomic E-state index is 12.9. The van der Waals surface area contributed by atoms with Crippen molar-refractivity contribution in [3.05, 3.63) is 34.9 Å². The second-order valence-electron chi connectivity index (χ2n) is 4.73. The first-order valence-corrected chi connectivity index (χ1v) is 6.79. The van der Waals surface area contributed by atoms with Crippen molar-refractivity contribution in [1.29, 1.82) is 0 Å². The Bertz CT molecular complexity index is 672. The third-order valence-electron chi connectivity index (χ3n) is 2.97. The van der Waals surface area contributed by atoms with Gasteiger partial charge in [-0.25, -0.2) is 4.39 Å². The Kier molecular flexibility index (Phi) is 3.74. The van der Waals surface area contributed by atoms with Gasteiger partial charge in [0.1, 0.15) is 17.4 Å². The van der Waals surface area contributed by atoms with Gasteiger partial charge in [0.15, 0.2) is 6.61 Å². The highest BCUT2D eigenvalue weighted by Crippen LogP contribution is 2.38. The first-order chi connectivity index (χ1) is 10.1. The van der Waals surface area contributed by atoms with Crippen molar-refractivity contribution in [3.63, 3.8) is 0 Å². The van der Waals surface area contributed by atoms with Gasteiger partial charge >= 0.3 is 0 Å². The highest BCUT2D eigenvalue weighted by Gasteiger charge is 2.27. The maximum atomic E-state index is 12.9. The first kappa shape index (κ1) is 13.8. The summed E-state index contributed by atoms with van der Waals surface area (Å²) in [6.45, 7) is -0.265. The number of amides is 1. The zero-order valence-electron chi connectivity index (χ0n) is 10.9. The molecule has 2 N–H and O–H groups in total. The molecule has 1 amide bonds. The number of anilines is 1. The van der Waals surface area contributed by atoms with Crippen LogP contribution in [0.1, 0.15) is 24.6 Å². The number of aromatic amines is 1. The number of nitrogens with one attached hydrogen (secondary N) is 2. The van der Waals surface area contributed by atoms with Crippen LogP contribution in [0.5, 0.6) is 5.75 Å². The number of rotatable bonds is 5. The van der Waals surface area contributed by atoms with Gasteiger partial charge in [-0.3, -0.25) is 15.2 Å². The minimum absolute atomic E-state index is 0.108. The molecule has 21 heavy (non-hydrogen) atoms. The van der Waals surface area contributed by atoms with Gasteiger partial charge in [0, 0.05) is 5.92 Å². The fourth-order valence-corrected chi connectivity index (χ4v) is 1.99. The molecule has 0 spiro atoms. The Morgan fingerprint density at radius 3 is 3.05 bits per heavy atom. The summed E-state index contributed by atoms with van der Waals surface area (Å²) in [5.41, 5.74) is 0. The van der Waals surface area contributed by atoms with Gasteiger partial charge in [0.05, 0.1) is 5.02 Å². The standard InChI is InChI=1S/C13H12ClFN4O2/c14-9-5-8(15)3-4-10(9)21-6-11(20)16-13-17-12(18-19-13)7-1-2-7/h3-5,7H,1-2,6H2,(H2,16,17,18,19,20). The van der Waals surface area contributed by atoms with E-state index in [2.05, 4.69) is 20.5 Å². The van der Waals surface area contributed by atoms with E-state index in [1.54, 1.807) is 0 Å². The highest BCUT2D eigenvalue weighted by molar-refractivity contribution is 6.32. The number of benzene rings is 1. The summed E-state index contributed by atoms with van der Waals surface area (Å²) in [5.74, 6) is 0.782. The van der Waals surface area contributed by atoms with Gasteiger partial charge in [-0.2, -0.15) is 4.98 Å². The predicted molar refractivity (Wildman–Crippen MR) is 73.9 cm³/mol. The lowest BCUT2D eigenvalue weighted by Crippen LogP contribution is -2.21. The van der Waals surface area contributed by atoms with Crippen LogP contribution in [-0.4, -0.2) is 27.7 Å². The van der Waals surface area contributed by atoms with E-state index in [-0.39, 0.29) is 23.3 Å². The summed E-state index contributed by atoms with van der Waals surface area (Å²) in [7, 11) is 0. The molecule has 1 aliphatic carbocycles. The van der Waals surface area contributed by atoms with Crippen molar-refractivity contribution in [2.75, 3.05) is 11.9 Å². The van der Waals surface area contributed by atoms with E-state index in [0.717, 1.165) is 24.7 Å². The van der Waals surface area contributed by atoms with Crippen molar-refractivity contribution < 1.29 is 13.9 Å². The molecule has 1 heterocycles. The van der Waals surface area contributed by atoms with E-state index >= 15 is 0 Å². The summed E-state index contributed by atoms with van der Waals surface area (Å²) >= 11 is 5.79. The van der Waals surface area contributed by atoms with Gasteiger partial charge < -0.3 is 4.74 Å². The molecule has 0 radical (unpaired) electrons. The lowest BCUT2D eigenvalue weighted by molar-refractivity contribution is -0.118. The fourth-order valence-electron chi connectivity index (χ4n) is 1.77. The normalized spacial score (nSPS) is 14.0. The second kappa shape index (κ2) is 5.69. The topological polar surface area (TPSA) is 79.9 Å². The number of hydrogen-bond acceptors (Lipinski definition) is 4. The molecule has 8 heteroatoms. The SMILES string of the molecule is O=C(COc1ccc(F)cc1Cl)Nc1n[nH]c(C2CC2)n1. The smallest absolute Gasteiger partial charge is 0.264 e. The Labute approximate surface area is 124 Å². The Morgan fingerprint density at radius 2 is 2.33 bits per heavy atom. The number of halogens is 2. The molecule has 1 saturated carbocycles. The molecule has 1 fully saturated rings. The molecule has 3 rings (SSSR count). The molecule has 1 aromatic carbocycles. The fraction of sp³-hybridized carbons (Fsp3) is 0.308. The van der Waals surface area contributed by atoms with E-state index < -0.39 is 11.7 Å². The zero-order valence-corrected chi connectivity index (χ0v) is 11.7. The van der Waals surface area contributed by atoms with Crippen LogP contribution >= 0.6 is 11.6 Å². The van der Waals surface area contributed by atoms with Crippen molar-refractivity contribution >= 4 is 23.5 Å². The van der Waals surface area contributed by atoms with Crippen LogP contribution in [-0.2, 0) is 4.79 Å². The predicted octanol–water partition coefficient (Wildman–Crippen LogP) is 2.49. The van der Waals surface area contributed by atoms with E-state index in [9.17, 15) is 9.18 Å². The summed E-state index contributed by atoms with van der Waals surface area (Å²) in [4.78, 5) is 15.9. The van der Waals surface area contributed by atoms with E-state index in [1.807, 2.05) is 0 Å². The van der Waals surface area contributed by atoms with Crippen molar-refractivity contribution in [2.24, 2.45) is 0 Å². The third kappa shape index (κ3) is 3.49. The van der Waals surface area contributed by atoms with Crippen LogP contribution in [0.4, 0.5) is 10.3 Å². The van der Waals surface area contributed by atoms with Crippen LogP contribution in [0.2, 0.25) is 5.02 Å². The molecule has 1 aliphatic rings. The summed E-state index contributed by atoms with van der Waals surface area (Å²) in [5, 5.41) is 9.30. The van der Waals surface area contributed by atoms with Gasteiger partial charge in [0.25, 0.3) is 5.91 Å². The molecule has 0 saturated heterocycles. The molecule has 0 aliphatic heterocycles. The zero-order chi connectivity index (χ0) is 14.8. The Morgan fingerprint density at radius 1 is 1.52 bits per heavy atom. The maximum Gasteiger partial charge on any atom is 0.264 e. The lowest BCUT2D eigenvalue weighted by atomic mass is 10.3. The van der Waals surface area contributed by atoms with Gasteiger partial charge in [-0.05, 0) is 31.0 Å². The first-order valence-electron chi connectivity index (χ1n) is 6.42. The monoisotopic (exact) mass is 310 g/mol. The molecule has 110 valence electrons. The summed E-state index contributed by atoms with van der Waals surface area (Å²) in [6, 6.07) is 3.69. The molecule has 6 nitrogen and oxygen atoms in total. The molecule has 1 aromatic heterocycles. The highest BCUT2D eigenvalue weighted by atomic mass is 35.5. The summed E-state index contributed by atoms with van der Waals surface area (Å²) in [6.07, 6.45) is 2.18. The molecular formula is C13H12ClFN4O2. The number of ether oxygens (including phenoxy) is 1. The second-order valence-corrected chi connectivity index (χ2v) is 5.14. The Balaban J connectivity index is 1.53. The van der Waals surface area contributed by atoms with Crippen molar-refractivity contribution in [1.82, 2.24) is 15.2 Å². The molecule has 2 aromatic rings. The number of H-pyrrole nitrogens is 1. The van der Waals surface area contributed by atoms with Crippen molar-refractivity contribution in [2.45, 2.75) is 18.8 Å². The lowest BCUT2D eigenvalue weighted by Gasteiger charge is -2.07. The Hall–Kier alpha value is -2.15. The minimum Gasteiger partial charge on any atom is -0.482 e. The molecular weight excluding hydrogens is 299 g/mol. The van der Waals surface area contributed by atoms with Gasteiger partial charge in [-0.15, -0.1) is 5.10 Å². The van der Waals surface area contributed by atoms with Crippen LogP contribution < -0.4 is 10.1 Å². The van der Waals surface area contributed by atoms with E-state index in [0.29, 0.717) is 5.92 Å². The van der Waals surface area contributed by atoms with Crippen LogP contribution in [0.15, 0.2) is 18.2 Å². The average Bonchev–Trinajstić information content (AvgIpc) is 3.19. The van der Waals surface area contributed by atoms with Gasteiger partial charge in [0.2, 0.25) is 5.95 Å². The minimum atomic E-state index is -0.467. The van der Waals surface area contributed by atoms with Crippen LogP contribution in [0.25, 0.3) is 0 Å². The van der Waals surface area contributed by atoms with Gasteiger partial charge in [-0.1, -0.05) is 11.6 Å². The average molecular weight is 311 g/mol. The quantitative estimate of drug-likeness (QED) is 0.889. The summed E-state index contributed by atoms with van der Waals surface area (Å²) < 4.78 is 18.1. The number of aromatic nitrogens is 3. The van der Waals surface area contributed by atoms with Crippen LogP contribution in [0, 0.1) is 5.82 Å². The number of carbonyl (C=O) groups excluding carboxylic acids is 1. The third-order valence-corrected chi connectivity index (χ3v) is 3.27. The van der Waals surface area contributed by atoms with Crippen LogP contribution in [0.3, 0.4) is 0 Å². The van der Waals surface area contributed by atoms with E-state index in [1.165, 1.54) is 12.1 Å². The number of carbonyl (C=O) groups is 1. The number of hydrogen-bond donors (Lipinski definition) is 2. The molecule has 0 bridgehead atoms. The van der Waals surface area contributed by atoms with Crippen molar-refractivity contribution in [3.8, 4) is 5.75 Å². The largest absolute Gasteiger partial charge is 0.482 e.